The van der Waals surface area contributed by atoms with Crippen LogP contribution in [0.15, 0.2) is 29.4 Å². The number of halogens is 1. The van der Waals surface area contributed by atoms with E-state index in [0.717, 1.165) is 24.6 Å². The van der Waals surface area contributed by atoms with Crippen LogP contribution in [0.1, 0.15) is 38.9 Å². The molecule has 9 heteroatoms. The van der Waals surface area contributed by atoms with Crippen LogP contribution in [-0.2, 0) is 16.1 Å². The van der Waals surface area contributed by atoms with Gasteiger partial charge in [-0.25, -0.2) is 4.39 Å². The van der Waals surface area contributed by atoms with Gasteiger partial charge < -0.3 is 9.64 Å². The average Bonchev–Trinajstić information content (AvgIpc) is 3.15. The van der Waals surface area contributed by atoms with Crippen molar-refractivity contribution in [2.75, 3.05) is 31.9 Å². The number of carbonyl (C=O) groups is 1. The first-order valence-corrected chi connectivity index (χ1v) is 12.0. The zero-order chi connectivity index (χ0) is 21.8. The number of ether oxygens (including phenoxy) is 1. The van der Waals surface area contributed by atoms with Gasteiger partial charge >= 0.3 is 0 Å². The maximum atomic E-state index is 13.5. The lowest BCUT2D eigenvalue weighted by atomic mass is 10.1. The summed E-state index contributed by atoms with van der Waals surface area (Å²) in [7, 11) is 0. The normalized spacial score (nSPS) is 22.6. The molecular weight excluding hydrogens is 417 g/mol. The van der Waals surface area contributed by atoms with E-state index in [1.54, 1.807) is 12.1 Å². The molecule has 0 saturated carbocycles. The summed E-state index contributed by atoms with van der Waals surface area (Å²) in [6.07, 6.45) is 3.73. The highest BCUT2D eigenvalue weighted by atomic mass is 32.2. The highest BCUT2D eigenvalue weighted by Gasteiger charge is 2.26. The Kier molecular flexibility index (Phi) is 7.24. The summed E-state index contributed by atoms with van der Waals surface area (Å²) < 4.78 is 21.2. The number of hydrogen-bond acceptors (Lipinski definition) is 6. The quantitative estimate of drug-likeness (QED) is 0.634. The molecular formula is C22H30FN5O2S. The SMILES string of the molecule is CC1CN(C(=O)CSc2nnc(CN3CCCCC3)n2-c2ccc(F)cc2)CC(C)O1. The molecule has 0 N–H and O–H groups in total. The number of morpholine rings is 1. The van der Waals surface area contributed by atoms with E-state index >= 15 is 0 Å². The summed E-state index contributed by atoms with van der Waals surface area (Å²) in [6.45, 7) is 7.97. The lowest BCUT2D eigenvalue weighted by molar-refractivity contribution is -0.140. The van der Waals surface area contributed by atoms with Crippen LogP contribution in [0.25, 0.3) is 5.69 Å². The number of rotatable bonds is 6. The molecule has 31 heavy (non-hydrogen) atoms. The van der Waals surface area contributed by atoms with Gasteiger partial charge in [0.25, 0.3) is 0 Å². The third kappa shape index (κ3) is 5.64. The molecule has 2 aliphatic heterocycles. The Balaban J connectivity index is 1.51. The molecule has 7 nitrogen and oxygen atoms in total. The molecule has 2 unspecified atom stereocenters. The Labute approximate surface area is 186 Å². The van der Waals surface area contributed by atoms with Gasteiger partial charge in [-0.1, -0.05) is 18.2 Å². The Morgan fingerprint density at radius 1 is 1.10 bits per heavy atom. The molecule has 1 aromatic heterocycles. The third-order valence-electron chi connectivity index (χ3n) is 5.70. The number of benzene rings is 1. The lowest BCUT2D eigenvalue weighted by Crippen LogP contribution is -2.48. The Morgan fingerprint density at radius 2 is 1.77 bits per heavy atom. The highest BCUT2D eigenvalue weighted by Crippen LogP contribution is 2.25. The minimum absolute atomic E-state index is 0.0386. The average molecular weight is 448 g/mol. The van der Waals surface area contributed by atoms with Crippen molar-refractivity contribution in [2.24, 2.45) is 0 Å². The van der Waals surface area contributed by atoms with E-state index in [0.29, 0.717) is 24.8 Å². The van der Waals surface area contributed by atoms with E-state index < -0.39 is 0 Å². The second-order valence-electron chi connectivity index (χ2n) is 8.39. The molecule has 1 amide bonds. The fourth-order valence-electron chi connectivity index (χ4n) is 4.26. The molecule has 0 aliphatic carbocycles. The number of piperidine rings is 1. The van der Waals surface area contributed by atoms with Crippen molar-refractivity contribution in [3.63, 3.8) is 0 Å². The maximum Gasteiger partial charge on any atom is 0.233 e. The van der Waals surface area contributed by atoms with Crippen molar-refractivity contribution >= 4 is 17.7 Å². The van der Waals surface area contributed by atoms with Gasteiger partial charge in [0.1, 0.15) is 5.82 Å². The van der Waals surface area contributed by atoms with Crippen LogP contribution in [-0.4, -0.2) is 74.6 Å². The molecule has 2 saturated heterocycles. The maximum absolute atomic E-state index is 13.5. The zero-order valence-electron chi connectivity index (χ0n) is 18.2. The number of amides is 1. The van der Waals surface area contributed by atoms with Gasteiger partial charge in [-0.2, -0.15) is 0 Å². The van der Waals surface area contributed by atoms with Crippen molar-refractivity contribution in [1.29, 1.82) is 0 Å². The lowest BCUT2D eigenvalue weighted by Gasteiger charge is -2.35. The van der Waals surface area contributed by atoms with Crippen molar-refractivity contribution in [2.45, 2.75) is 57.0 Å². The predicted molar refractivity (Wildman–Crippen MR) is 118 cm³/mol. The highest BCUT2D eigenvalue weighted by molar-refractivity contribution is 7.99. The van der Waals surface area contributed by atoms with E-state index in [1.165, 1.54) is 43.2 Å². The first-order chi connectivity index (χ1) is 15.0. The Morgan fingerprint density at radius 3 is 2.45 bits per heavy atom. The van der Waals surface area contributed by atoms with E-state index in [9.17, 15) is 9.18 Å². The topological polar surface area (TPSA) is 63.5 Å². The summed E-state index contributed by atoms with van der Waals surface area (Å²) in [4.78, 5) is 17.1. The van der Waals surface area contributed by atoms with E-state index in [-0.39, 0.29) is 29.7 Å². The predicted octanol–water partition coefficient (Wildman–Crippen LogP) is 3.12. The molecule has 2 aromatic rings. The number of nitrogens with zero attached hydrogens (tertiary/aromatic N) is 5. The van der Waals surface area contributed by atoms with E-state index in [4.69, 9.17) is 4.74 Å². The van der Waals surface area contributed by atoms with E-state index in [2.05, 4.69) is 15.1 Å². The smallest absolute Gasteiger partial charge is 0.233 e. The first-order valence-electron chi connectivity index (χ1n) is 11.0. The summed E-state index contributed by atoms with van der Waals surface area (Å²) >= 11 is 1.38. The first kappa shape index (κ1) is 22.2. The van der Waals surface area contributed by atoms with Crippen LogP contribution in [0.3, 0.4) is 0 Å². The Hall–Kier alpha value is -1.97. The second-order valence-corrected chi connectivity index (χ2v) is 9.33. The molecule has 0 spiro atoms. The monoisotopic (exact) mass is 447 g/mol. The van der Waals surface area contributed by atoms with Crippen LogP contribution < -0.4 is 0 Å². The van der Waals surface area contributed by atoms with Crippen LogP contribution in [0, 0.1) is 5.82 Å². The summed E-state index contributed by atoms with van der Waals surface area (Å²) in [5.74, 6) is 0.882. The van der Waals surface area contributed by atoms with Crippen LogP contribution in [0.4, 0.5) is 4.39 Å². The van der Waals surface area contributed by atoms with Crippen LogP contribution in [0.2, 0.25) is 0 Å². The summed E-state index contributed by atoms with van der Waals surface area (Å²) in [6, 6.07) is 6.34. The van der Waals surface area contributed by atoms with Gasteiger partial charge in [-0.3, -0.25) is 14.3 Å². The fraction of sp³-hybridized carbons (Fsp3) is 0.591. The number of likely N-dealkylation sites (tertiary alicyclic amines) is 1. The molecule has 3 heterocycles. The molecule has 2 fully saturated rings. The van der Waals surface area contributed by atoms with Crippen molar-refractivity contribution in [3.05, 3.63) is 35.9 Å². The largest absolute Gasteiger partial charge is 0.372 e. The number of aromatic nitrogens is 3. The van der Waals surface area contributed by atoms with Crippen molar-refractivity contribution in [1.82, 2.24) is 24.6 Å². The molecule has 2 aliphatic rings. The van der Waals surface area contributed by atoms with Crippen molar-refractivity contribution in [3.8, 4) is 5.69 Å². The molecule has 168 valence electrons. The van der Waals surface area contributed by atoms with Crippen LogP contribution >= 0.6 is 11.8 Å². The minimum Gasteiger partial charge on any atom is -0.372 e. The number of hydrogen-bond donors (Lipinski definition) is 0. The molecule has 1 aromatic carbocycles. The van der Waals surface area contributed by atoms with Gasteiger partial charge in [0.05, 0.1) is 24.5 Å². The zero-order valence-corrected chi connectivity index (χ0v) is 19.0. The molecule has 4 rings (SSSR count). The van der Waals surface area contributed by atoms with Crippen LogP contribution in [0.5, 0.6) is 0 Å². The van der Waals surface area contributed by atoms with Gasteiger partial charge in [0, 0.05) is 18.8 Å². The molecule has 0 bridgehead atoms. The Bertz CT molecular complexity index is 875. The molecule has 0 radical (unpaired) electrons. The van der Waals surface area contributed by atoms with Gasteiger partial charge in [0.15, 0.2) is 11.0 Å². The standard InChI is InChI=1S/C22H30FN5O2S/c1-16-12-27(13-17(2)30-16)21(29)15-31-22-25-24-20(14-26-10-4-3-5-11-26)28(22)19-8-6-18(23)7-9-19/h6-9,16-17H,3-5,10-15H2,1-2H3. The second kappa shape index (κ2) is 10.1. The minimum atomic E-state index is -0.283. The number of thioether (sulfide) groups is 1. The summed E-state index contributed by atoms with van der Waals surface area (Å²) in [5.41, 5.74) is 0.807. The third-order valence-corrected chi connectivity index (χ3v) is 6.61. The fourth-order valence-corrected chi connectivity index (χ4v) is 5.14. The number of carbonyl (C=O) groups excluding carboxylic acids is 1. The molecule has 2 atom stereocenters. The van der Waals surface area contributed by atoms with Crippen molar-refractivity contribution < 1.29 is 13.9 Å². The van der Waals surface area contributed by atoms with E-state index in [1.807, 2.05) is 23.3 Å². The van der Waals surface area contributed by atoms with Gasteiger partial charge in [-0.05, 0) is 64.0 Å². The van der Waals surface area contributed by atoms with Gasteiger partial charge in [-0.15, -0.1) is 10.2 Å². The summed E-state index contributed by atoms with van der Waals surface area (Å²) in [5, 5.41) is 9.48. The van der Waals surface area contributed by atoms with Gasteiger partial charge in [0.2, 0.25) is 5.91 Å².